The van der Waals surface area contributed by atoms with E-state index in [1.165, 1.54) is 22.4 Å². The van der Waals surface area contributed by atoms with Crippen molar-refractivity contribution >= 4 is 5.69 Å². The summed E-state index contributed by atoms with van der Waals surface area (Å²) in [7, 11) is 1.90. The molecule has 5 nitrogen and oxygen atoms in total. The average molecular weight is 363 g/mol. The summed E-state index contributed by atoms with van der Waals surface area (Å²) < 4.78 is 7.74. The van der Waals surface area contributed by atoms with Gasteiger partial charge in [0.25, 0.3) is 0 Å². The fourth-order valence-corrected chi connectivity index (χ4v) is 3.91. The molecule has 3 aromatic rings. The number of aromatic hydroxyl groups is 1. The fourth-order valence-electron chi connectivity index (χ4n) is 3.91. The maximum atomic E-state index is 10.6. The molecule has 0 saturated heterocycles. The summed E-state index contributed by atoms with van der Waals surface area (Å²) in [5.41, 5.74) is 7.86. The quantitative estimate of drug-likeness (QED) is 0.750. The minimum absolute atomic E-state index is 0.171. The minimum Gasteiger partial charge on any atom is -0.504 e. The Bertz CT molecular complexity index is 1010. The monoisotopic (exact) mass is 363 g/mol. The van der Waals surface area contributed by atoms with Crippen LogP contribution in [0.4, 0.5) is 5.69 Å². The largest absolute Gasteiger partial charge is 0.504 e. The van der Waals surface area contributed by atoms with Gasteiger partial charge in [-0.05, 0) is 55.7 Å². The van der Waals surface area contributed by atoms with E-state index in [9.17, 15) is 5.11 Å². The Morgan fingerprint density at radius 1 is 1.15 bits per heavy atom. The van der Waals surface area contributed by atoms with Crippen LogP contribution in [-0.2, 0) is 20.2 Å². The van der Waals surface area contributed by atoms with E-state index in [-0.39, 0.29) is 5.75 Å². The predicted octanol–water partition coefficient (Wildman–Crippen LogP) is 4.33. The normalized spacial score (nSPS) is 12.7. The van der Waals surface area contributed by atoms with Gasteiger partial charge < -0.3 is 14.7 Å². The van der Waals surface area contributed by atoms with Crippen molar-refractivity contribution in [1.82, 2.24) is 9.78 Å². The summed E-state index contributed by atoms with van der Waals surface area (Å²) in [6.07, 6.45) is 0. The third kappa shape index (κ3) is 3.03. The molecule has 27 heavy (non-hydrogen) atoms. The lowest BCUT2D eigenvalue weighted by Gasteiger charge is -2.33. The number of benzene rings is 2. The molecule has 0 bridgehead atoms. The number of aryl methyl sites for hydroxylation is 3. The molecule has 0 unspecified atom stereocenters. The van der Waals surface area contributed by atoms with Crippen molar-refractivity contribution in [2.45, 2.75) is 33.9 Å². The summed E-state index contributed by atoms with van der Waals surface area (Å²) >= 11 is 0. The zero-order chi connectivity index (χ0) is 19.1. The molecule has 0 amide bonds. The molecular weight excluding hydrogens is 338 g/mol. The molecule has 0 radical (unpaired) electrons. The molecule has 1 aliphatic rings. The maximum absolute atomic E-state index is 10.6. The molecule has 140 valence electrons. The highest BCUT2D eigenvalue weighted by molar-refractivity contribution is 5.86. The van der Waals surface area contributed by atoms with Crippen LogP contribution in [0, 0.1) is 13.8 Å². The van der Waals surface area contributed by atoms with E-state index in [2.05, 4.69) is 42.0 Å². The first kappa shape index (κ1) is 17.5. The van der Waals surface area contributed by atoms with Crippen LogP contribution in [0.3, 0.4) is 0 Å². The maximum Gasteiger partial charge on any atom is 0.161 e. The second-order valence-electron chi connectivity index (χ2n) is 7.15. The summed E-state index contributed by atoms with van der Waals surface area (Å²) in [6, 6.07) is 12.1. The lowest BCUT2D eigenvalue weighted by Crippen LogP contribution is -2.27. The number of anilines is 1. The van der Waals surface area contributed by atoms with Crippen molar-refractivity contribution in [1.29, 1.82) is 0 Å². The number of phenolic OH excluding ortho intramolecular Hbond substituents is 1. The van der Waals surface area contributed by atoms with Gasteiger partial charge in [0.2, 0.25) is 0 Å². The van der Waals surface area contributed by atoms with Gasteiger partial charge >= 0.3 is 0 Å². The van der Waals surface area contributed by atoms with Crippen LogP contribution in [0.2, 0.25) is 0 Å². The van der Waals surface area contributed by atoms with Crippen LogP contribution in [0.25, 0.3) is 11.1 Å². The van der Waals surface area contributed by atoms with Gasteiger partial charge in [0.1, 0.15) is 6.61 Å². The molecular formula is C22H25N3O2. The highest BCUT2D eigenvalue weighted by Gasteiger charge is 2.24. The molecule has 5 heteroatoms. The molecule has 1 aromatic heterocycles. The van der Waals surface area contributed by atoms with Gasteiger partial charge in [0, 0.05) is 31.4 Å². The van der Waals surface area contributed by atoms with Crippen molar-refractivity contribution in [2.24, 2.45) is 7.05 Å². The van der Waals surface area contributed by atoms with Crippen LogP contribution in [0.5, 0.6) is 11.5 Å². The molecule has 0 fully saturated rings. The number of phenols is 1. The number of nitrogens with zero attached hydrogens (tertiary/aromatic N) is 3. The summed E-state index contributed by atoms with van der Waals surface area (Å²) in [5, 5.41) is 14.9. The van der Waals surface area contributed by atoms with Gasteiger partial charge in [-0.15, -0.1) is 0 Å². The lowest BCUT2D eigenvalue weighted by molar-refractivity contribution is 0.279. The molecule has 0 spiro atoms. The number of fused-ring (bicyclic) bond motifs is 3. The van der Waals surface area contributed by atoms with Crippen LogP contribution < -0.4 is 9.64 Å². The van der Waals surface area contributed by atoms with Crippen LogP contribution in [-0.4, -0.2) is 21.4 Å². The van der Waals surface area contributed by atoms with Gasteiger partial charge in [-0.2, -0.15) is 5.10 Å². The van der Waals surface area contributed by atoms with E-state index < -0.39 is 0 Å². The summed E-state index contributed by atoms with van der Waals surface area (Å²) in [5.74, 6) is 0.685. The lowest BCUT2D eigenvalue weighted by atomic mass is 9.91. The Balaban J connectivity index is 1.70. The molecule has 0 saturated carbocycles. The van der Waals surface area contributed by atoms with Crippen LogP contribution >= 0.6 is 0 Å². The SMILES string of the molecule is CCN1Cc2cc(OCc3cc(C)nn3C)c(O)cc2-c2cccc(C)c21. The summed E-state index contributed by atoms with van der Waals surface area (Å²) in [4.78, 5) is 2.37. The number of aromatic nitrogens is 2. The second-order valence-corrected chi connectivity index (χ2v) is 7.15. The van der Waals surface area contributed by atoms with Gasteiger partial charge in [-0.3, -0.25) is 4.68 Å². The van der Waals surface area contributed by atoms with Crippen molar-refractivity contribution in [3.05, 3.63) is 58.9 Å². The molecule has 0 atom stereocenters. The predicted molar refractivity (Wildman–Crippen MR) is 107 cm³/mol. The smallest absolute Gasteiger partial charge is 0.161 e. The molecule has 1 N–H and O–H groups in total. The highest BCUT2D eigenvalue weighted by Crippen LogP contribution is 2.44. The molecule has 1 aliphatic heterocycles. The molecule has 2 heterocycles. The Hall–Kier alpha value is -2.95. The van der Waals surface area contributed by atoms with Crippen LogP contribution in [0.1, 0.15) is 29.4 Å². The van der Waals surface area contributed by atoms with Gasteiger partial charge in [-0.25, -0.2) is 0 Å². The topological polar surface area (TPSA) is 50.5 Å². The zero-order valence-corrected chi connectivity index (χ0v) is 16.3. The summed E-state index contributed by atoms with van der Waals surface area (Å²) in [6.45, 7) is 8.38. The van der Waals surface area contributed by atoms with Crippen LogP contribution in [0.15, 0.2) is 36.4 Å². The van der Waals surface area contributed by atoms with E-state index in [1.54, 1.807) is 0 Å². The van der Waals surface area contributed by atoms with Gasteiger partial charge in [0.05, 0.1) is 11.4 Å². The van der Waals surface area contributed by atoms with E-state index in [0.717, 1.165) is 30.0 Å². The standard InChI is InChI=1S/C22H25N3O2/c1-5-25-12-16-10-21(27-13-17-9-15(3)23-24(17)4)20(26)11-19(16)18-8-6-7-14(2)22(18)25/h6-11,26H,5,12-13H2,1-4H3. The van der Waals surface area contributed by atoms with E-state index in [1.807, 2.05) is 36.9 Å². The number of para-hydroxylation sites is 1. The molecule has 4 rings (SSSR count). The van der Waals surface area contributed by atoms with Crippen molar-refractivity contribution < 1.29 is 9.84 Å². The van der Waals surface area contributed by atoms with E-state index in [4.69, 9.17) is 4.74 Å². The van der Waals surface area contributed by atoms with Crippen molar-refractivity contribution in [2.75, 3.05) is 11.4 Å². The fraction of sp³-hybridized carbons (Fsp3) is 0.318. The van der Waals surface area contributed by atoms with Crippen molar-refractivity contribution in [3.8, 4) is 22.6 Å². The zero-order valence-electron chi connectivity index (χ0n) is 16.3. The first-order valence-corrected chi connectivity index (χ1v) is 9.31. The second kappa shape index (κ2) is 6.65. The minimum atomic E-state index is 0.171. The number of hydrogen-bond donors (Lipinski definition) is 1. The third-order valence-electron chi connectivity index (χ3n) is 5.25. The Kier molecular flexibility index (Phi) is 4.30. The Morgan fingerprint density at radius 3 is 2.67 bits per heavy atom. The number of rotatable bonds is 4. The van der Waals surface area contributed by atoms with Crippen molar-refractivity contribution in [3.63, 3.8) is 0 Å². The molecule has 0 aliphatic carbocycles. The Morgan fingerprint density at radius 2 is 1.96 bits per heavy atom. The highest BCUT2D eigenvalue weighted by atomic mass is 16.5. The number of ether oxygens (including phenoxy) is 1. The molecule has 2 aromatic carbocycles. The van der Waals surface area contributed by atoms with E-state index >= 15 is 0 Å². The number of hydrogen-bond acceptors (Lipinski definition) is 4. The van der Waals surface area contributed by atoms with Gasteiger partial charge in [0.15, 0.2) is 11.5 Å². The van der Waals surface area contributed by atoms with E-state index in [0.29, 0.717) is 12.4 Å². The average Bonchev–Trinajstić information content (AvgIpc) is 2.97. The first-order chi connectivity index (χ1) is 13.0. The first-order valence-electron chi connectivity index (χ1n) is 9.31. The van der Waals surface area contributed by atoms with Gasteiger partial charge in [-0.1, -0.05) is 18.2 Å². The third-order valence-corrected chi connectivity index (χ3v) is 5.25. The Labute approximate surface area is 159 Å².